The summed E-state index contributed by atoms with van der Waals surface area (Å²) < 4.78 is 0. The molecule has 0 aliphatic heterocycles. The van der Waals surface area contributed by atoms with Gasteiger partial charge in [0.1, 0.15) is 0 Å². The number of rotatable bonds is 4. The van der Waals surface area contributed by atoms with Crippen LogP contribution < -0.4 is 5.32 Å². The Morgan fingerprint density at radius 2 is 2.21 bits per heavy atom. The minimum atomic E-state index is 0.839. The standard InChI is InChI=1S/C12H18N2/c1-10(2)7-8-13-9-12-6-4-5-11(3)14-12/h4-7,13H,8-9H2,1-3H3. The molecule has 0 saturated heterocycles. The molecule has 14 heavy (non-hydrogen) atoms. The van der Waals surface area contributed by atoms with E-state index >= 15 is 0 Å². The largest absolute Gasteiger partial charge is 0.308 e. The first-order valence-corrected chi connectivity index (χ1v) is 4.95. The molecule has 0 fully saturated rings. The predicted octanol–water partition coefficient (Wildman–Crippen LogP) is 2.45. The van der Waals surface area contributed by atoms with E-state index in [1.54, 1.807) is 0 Å². The molecule has 1 N–H and O–H groups in total. The van der Waals surface area contributed by atoms with Crippen molar-refractivity contribution in [3.05, 3.63) is 41.2 Å². The Kier molecular flexibility index (Phi) is 4.33. The predicted molar refractivity (Wildman–Crippen MR) is 60.1 cm³/mol. The summed E-state index contributed by atoms with van der Waals surface area (Å²) >= 11 is 0. The molecule has 2 nitrogen and oxygen atoms in total. The molecule has 0 aliphatic carbocycles. The Labute approximate surface area is 86.1 Å². The molecule has 0 amide bonds. The molecule has 1 heterocycles. The average molecular weight is 190 g/mol. The summed E-state index contributed by atoms with van der Waals surface area (Å²) in [4.78, 5) is 4.41. The van der Waals surface area contributed by atoms with E-state index in [2.05, 4.69) is 30.2 Å². The summed E-state index contributed by atoms with van der Waals surface area (Å²) in [6.07, 6.45) is 2.18. The number of allylic oxidation sites excluding steroid dienone is 1. The van der Waals surface area contributed by atoms with Gasteiger partial charge in [-0.3, -0.25) is 4.98 Å². The van der Waals surface area contributed by atoms with E-state index in [9.17, 15) is 0 Å². The minimum Gasteiger partial charge on any atom is -0.308 e. The average Bonchev–Trinajstić information content (AvgIpc) is 2.12. The van der Waals surface area contributed by atoms with E-state index < -0.39 is 0 Å². The number of hydrogen-bond donors (Lipinski definition) is 1. The van der Waals surface area contributed by atoms with Crippen molar-refractivity contribution in [1.29, 1.82) is 0 Å². The van der Waals surface area contributed by atoms with E-state index in [1.165, 1.54) is 5.57 Å². The van der Waals surface area contributed by atoms with Crippen LogP contribution in [0.1, 0.15) is 25.2 Å². The fraction of sp³-hybridized carbons (Fsp3) is 0.417. The number of aromatic nitrogens is 1. The van der Waals surface area contributed by atoms with Crippen LogP contribution in [0.2, 0.25) is 0 Å². The summed E-state index contributed by atoms with van der Waals surface area (Å²) in [6.45, 7) is 7.97. The van der Waals surface area contributed by atoms with Gasteiger partial charge in [0.25, 0.3) is 0 Å². The van der Waals surface area contributed by atoms with Crippen LogP contribution in [0, 0.1) is 6.92 Å². The second kappa shape index (κ2) is 5.55. The van der Waals surface area contributed by atoms with Crippen molar-refractivity contribution in [3.8, 4) is 0 Å². The quantitative estimate of drug-likeness (QED) is 0.582. The molecule has 0 aliphatic rings. The Morgan fingerprint density at radius 3 is 2.86 bits per heavy atom. The number of nitrogens with one attached hydrogen (secondary N) is 1. The zero-order valence-electron chi connectivity index (χ0n) is 9.17. The van der Waals surface area contributed by atoms with Crippen molar-refractivity contribution in [3.63, 3.8) is 0 Å². The van der Waals surface area contributed by atoms with Crippen LogP contribution in [0.5, 0.6) is 0 Å². The van der Waals surface area contributed by atoms with Crippen molar-refractivity contribution >= 4 is 0 Å². The first-order chi connectivity index (χ1) is 6.68. The van der Waals surface area contributed by atoms with Crippen LogP contribution in [-0.2, 0) is 6.54 Å². The van der Waals surface area contributed by atoms with Gasteiger partial charge in [0.05, 0.1) is 5.69 Å². The second-order valence-corrected chi connectivity index (χ2v) is 3.68. The van der Waals surface area contributed by atoms with Crippen LogP contribution in [0.25, 0.3) is 0 Å². The van der Waals surface area contributed by atoms with Crippen molar-refractivity contribution < 1.29 is 0 Å². The molecule has 0 atom stereocenters. The lowest BCUT2D eigenvalue weighted by atomic mass is 10.3. The smallest absolute Gasteiger partial charge is 0.0544 e. The van der Waals surface area contributed by atoms with Gasteiger partial charge in [-0.05, 0) is 32.9 Å². The number of pyridine rings is 1. The maximum atomic E-state index is 4.41. The third-order valence-electron chi connectivity index (χ3n) is 1.91. The summed E-state index contributed by atoms with van der Waals surface area (Å²) in [5.41, 5.74) is 3.52. The normalized spacial score (nSPS) is 9.93. The summed E-state index contributed by atoms with van der Waals surface area (Å²) in [7, 11) is 0. The van der Waals surface area contributed by atoms with Gasteiger partial charge < -0.3 is 5.32 Å². The number of nitrogens with zero attached hydrogens (tertiary/aromatic N) is 1. The Bertz CT molecular complexity index is 312. The zero-order valence-corrected chi connectivity index (χ0v) is 9.17. The van der Waals surface area contributed by atoms with Crippen LogP contribution in [0.4, 0.5) is 0 Å². The Morgan fingerprint density at radius 1 is 1.43 bits per heavy atom. The summed E-state index contributed by atoms with van der Waals surface area (Å²) in [5.74, 6) is 0. The zero-order chi connectivity index (χ0) is 10.4. The molecule has 1 aromatic heterocycles. The summed E-state index contributed by atoms with van der Waals surface area (Å²) in [6, 6.07) is 6.10. The van der Waals surface area contributed by atoms with Crippen LogP contribution in [0.3, 0.4) is 0 Å². The first-order valence-electron chi connectivity index (χ1n) is 4.95. The van der Waals surface area contributed by atoms with Gasteiger partial charge in [0.15, 0.2) is 0 Å². The molecule has 76 valence electrons. The highest BCUT2D eigenvalue weighted by Crippen LogP contribution is 1.97. The van der Waals surface area contributed by atoms with Crippen LogP contribution in [-0.4, -0.2) is 11.5 Å². The van der Waals surface area contributed by atoms with Gasteiger partial charge in [0.2, 0.25) is 0 Å². The molecule has 0 saturated carbocycles. The van der Waals surface area contributed by atoms with Crippen molar-refractivity contribution in [2.75, 3.05) is 6.54 Å². The Balaban J connectivity index is 2.35. The lowest BCUT2D eigenvalue weighted by Crippen LogP contribution is -2.14. The highest BCUT2D eigenvalue weighted by Gasteiger charge is 1.92. The highest BCUT2D eigenvalue weighted by molar-refractivity contribution is 5.09. The van der Waals surface area contributed by atoms with Gasteiger partial charge in [-0.15, -0.1) is 0 Å². The third-order valence-corrected chi connectivity index (χ3v) is 1.91. The van der Waals surface area contributed by atoms with Gasteiger partial charge >= 0.3 is 0 Å². The molecule has 2 heteroatoms. The van der Waals surface area contributed by atoms with E-state index in [4.69, 9.17) is 0 Å². The molecular formula is C12H18N2. The van der Waals surface area contributed by atoms with E-state index in [0.29, 0.717) is 0 Å². The first kappa shape index (κ1) is 10.9. The van der Waals surface area contributed by atoms with Crippen molar-refractivity contribution in [2.45, 2.75) is 27.3 Å². The number of aryl methyl sites for hydroxylation is 1. The van der Waals surface area contributed by atoms with E-state index in [-0.39, 0.29) is 0 Å². The maximum Gasteiger partial charge on any atom is 0.0544 e. The highest BCUT2D eigenvalue weighted by atomic mass is 14.9. The maximum absolute atomic E-state index is 4.41. The van der Waals surface area contributed by atoms with Crippen molar-refractivity contribution in [2.24, 2.45) is 0 Å². The lowest BCUT2D eigenvalue weighted by molar-refractivity contribution is 0.735. The molecule has 1 rings (SSSR count). The molecule has 1 aromatic rings. The Hall–Kier alpha value is -1.15. The summed E-state index contributed by atoms with van der Waals surface area (Å²) in [5, 5.41) is 3.32. The molecule has 0 bridgehead atoms. The van der Waals surface area contributed by atoms with E-state index in [1.807, 2.05) is 25.1 Å². The third kappa shape index (κ3) is 4.19. The lowest BCUT2D eigenvalue weighted by Gasteiger charge is -2.02. The minimum absolute atomic E-state index is 0.839. The SMILES string of the molecule is CC(C)=CCNCc1cccc(C)n1. The fourth-order valence-corrected chi connectivity index (χ4v) is 1.17. The monoisotopic (exact) mass is 190 g/mol. The van der Waals surface area contributed by atoms with Gasteiger partial charge in [-0.2, -0.15) is 0 Å². The molecule has 0 spiro atoms. The van der Waals surface area contributed by atoms with Crippen LogP contribution in [0.15, 0.2) is 29.8 Å². The number of hydrogen-bond acceptors (Lipinski definition) is 2. The molecule has 0 radical (unpaired) electrons. The molecular weight excluding hydrogens is 172 g/mol. The topological polar surface area (TPSA) is 24.9 Å². The van der Waals surface area contributed by atoms with Gasteiger partial charge in [-0.25, -0.2) is 0 Å². The van der Waals surface area contributed by atoms with Gasteiger partial charge in [-0.1, -0.05) is 17.7 Å². The van der Waals surface area contributed by atoms with Crippen LogP contribution >= 0.6 is 0 Å². The van der Waals surface area contributed by atoms with Gasteiger partial charge in [0, 0.05) is 18.8 Å². The van der Waals surface area contributed by atoms with Crippen molar-refractivity contribution in [1.82, 2.24) is 10.3 Å². The van der Waals surface area contributed by atoms with E-state index in [0.717, 1.165) is 24.5 Å². The fourth-order valence-electron chi connectivity index (χ4n) is 1.17. The second-order valence-electron chi connectivity index (χ2n) is 3.68. The molecule has 0 unspecified atom stereocenters. The molecule has 0 aromatic carbocycles.